The van der Waals surface area contributed by atoms with Gasteiger partial charge in [-0.3, -0.25) is 4.79 Å². The van der Waals surface area contributed by atoms with Gasteiger partial charge in [-0.2, -0.15) is 0 Å². The maximum absolute atomic E-state index is 11.9. The van der Waals surface area contributed by atoms with Crippen LogP contribution in [0.2, 0.25) is 0 Å². The Morgan fingerprint density at radius 2 is 1.95 bits per heavy atom. The molecule has 0 saturated heterocycles. The Labute approximate surface area is 119 Å². The Kier molecular flexibility index (Phi) is 4.42. The first kappa shape index (κ1) is 14.6. The van der Waals surface area contributed by atoms with E-state index in [4.69, 9.17) is 5.11 Å². The molecule has 0 spiro atoms. The predicted molar refractivity (Wildman–Crippen MR) is 76.3 cm³/mol. The number of carboxylic acid groups (broad SMARTS) is 1. The van der Waals surface area contributed by atoms with Crippen LogP contribution in [-0.2, 0) is 9.59 Å². The number of rotatable bonds is 6. The molecule has 4 heteroatoms. The fourth-order valence-electron chi connectivity index (χ4n) is 2.57. The summed E-state index contributed by atoms with van der Waals surface area (Å²) in [5, 5.41) is 11.7. The van der Waals surface area contributed by atoms with E-state index in [2.05, 4.69) is 17.4 Å². The topological polar surface area (TPSA) is 66.4 Å². The molecule has 1 saturated carbocycles. The van der Waals surface area contributed by atoms with Gasteiger partial charge in [-0.15, -0.1) is 0 Å². The smallest absolute Gasteiger partial charge is 0.326 e. The number of carbonyl (C=O) groups excluding carboxylic acids is 1. The monoisotopic (exact) mass is 275 g/mol. The highest BCUT2D eigenvalue weighted by Gasteiger charge is 2.39. The first-order valence-electron chi connectivity index (χ1n) is 7.06. The lowest BCUT2D eigenvalue weighted by atomic mass is 10.0. The van der Waals surface area contributed by atoms with Gasteiger partial charge in [-0.05, 0) is 29.7 Å². The molecule has 1 aromatic rings. The molecule has 0 heterocycles. The number of hydrogen-bond acceptors (Lipinski definition) is 2. The molecule has 0 unspecified atom stereocenters. The highest BCUT2D eigenvalue weighted by atomic mass is 16.4. The van der Waals surface area contributed by atoms with Crippen LogP contribution in [0, 0.1) is 11.8 Å². The summed E-state index contributed by atoms with van der Waals surface area (Å²) in [5.41, 5.74) is 1.27. The highest BCUT2D eigenvalue weighted by molar-refractivity contribution is 5.84. The van der Waals surface area contributed by atoms with Crippen LogP contribution in [0.25, 0.3) is 0 Å². The first-order chi connectivity index (χ1) is 9.49. The Balaban J connectivity index is 1.83. The van der Waals surface area contributed by atoms with Gasteiger partial charge in [0.25, 0.3) is 0 Å². The van der Waals surface area contributed by atoms with Gasteiger partial charge in [0.15, 0.2) is 0 Å². The molecule has 3 atom stereocenters. The fraction of sp³-hybridized carbons (Fsp3) is 0.500. The molecule has 2 N–H and O–H groups in total. The van der Waals surface area contributed by atoms with Gasteiger partial charge in [-0.25, -0.2) is 4.79 Å². The van der Waals surface area contributed by atoms with Gasteiger partial charge in [0.2, 0.25) is 5.91 Å². The number of benzene rings is 1. The molecule has 20 heavy (non-hydrogen) atoms. The van der Waals surface area contributed by atoms with Crippen molar-refractivity contribution in [2.75, 3.05) is 0 Å². The third kappa shape index (κ3) is 3.59. The average molecular weight is 275 g/mol. The Morgan fingerprint density at radius 3 is 2.50 bits per heavy atom. The molecule has 108 valence electrons. The van der Waals surface area contributed by atoms with Gasteiger partial charge < -0.3 is 10.4 Å². The average Bonchev–Trinajstić information content (AvgIpc) is 3.15. The highest BCUT2D eigenvalue weighted by Crippen LogP contribution is 2.49. The van der Waals surface area contributed by atoms with Crippen molar-refractivity contribution in [2.45, 2.75) is 38.6 Å². The lowest BCUT2D eigenvalue weighted by Crippen LogP contribution is -2.44. The maximum Gasteiger partial charge on any atom is 0.326 e. The van der Waals surface area contributed by atoms with Crippen LogP contribution in [0.15, 0.2) is 30.3 Å². The number of hydrogen-bond donors (Lipinski definition) is 2. The minimum Gasteiger partial charge on any atom is -0.480 e. The number of nitrogens with one attached hydrogen (secondary N) is 1. The summed E-state index contributed by atoms with van der Waals surface area (Å²) in [5.74, 6) is -0.442. The van der Waals surface area contributed by atoms with Gasteiger partial charge in [0.05, 0.1) is 0 Å². The van der Waals surface area contributed by atoms with E-state index in [1.165, 1.54) is 5.56 Å². The zero-order valence-electron chi connectivity index (χ0n) is 11.9. The maximum atomic E-state index is 11.9. The molecular weight excluding hydrogens is 254 g/mol. The van der Waals surface area contributed by atoms with E-state index >= 15 is 0 Å². The molecule has 4 nitrogen and oxygen atoms in total. The van der Waals surface area contributed by atoms with Crippen molar-refractivity contribution in [1.29, 1.82) is 0 Å². The Hall–Kier alpha value is -1.84. The number of amides is 1. The molecule has 0 radical (unpaired) electrons. The molecule has 0 aromatic heterocycles. The van der Waals surface area contributed by atoms with Gasteiger partial charge in [-0.1, -0.05) is 44.2 Å². The van der Waals surface area contributed by atoms with Crippen molar-refractivity contribution in [3.8, 4) is 0 Å². The van der Waals surface area contributed by atoms with E-state index in [9.17, 15) is 9.59 Å². The number of carbonyl (C=O) groups is 2. The van der Waals surface area contributed by atoms with Crippen LogP contribution < -0.4 is 5.32 Å². The standard InChI is InChI=1S/C16H21NO3/c1-10(2)15(16(19)20)17-14(18)9-12-8-13(12)11-6-4-3-5-7-11/h3-7,10,12-13,15H,8-9H2,1-2H3,(H,17,18)(H,19,20)/t12-,13-,15+/m0/s1. The minimum atomic E-state index is -0.969. The largest absolute Gasteiger partial charge is 0.480 e. The summed E-state index contributed by atoms with van der Waals surface area (Å²) in [7, 11) is 0. The molecule has 0 bridgehead atoms. The van der Waals surface area contributed by atoms with Gasteiger partial charge in [0, 0.05) is 6.42 Å². The quantitative estimate of drug-likeness (QED) is 0.837. The van der Waals surface area contributed by atoms with E-state index in [-0.39, 0.29) is 11.8 Å². The first-order valence-corrected chi connectivity index (χ1v) is 7.06. The van der Waals surface area contributed by atoms with Gasteiger partial charge in [0.1, 0.15) is 6.04 Å². The van der Waals surface area contributed by atoms with Crippen molar-refractivity contribution in [1.82, 2.24) is 5.32 Å². The summed E-state index contributed by atoms with van der Waals surface area (Å²) in [6, 6.07) is 9.35. The molecule has 1 aliphatic carbocycles. The summed E-state index contributed by atoms with van der Waals surface area (Å²) in [6.45, 7) is 3.59. The van der Waals surface area contributed by atoms with Gasteiger partial charge >= 0.3 is 5.97 Å². The van der Waals surface area contributed by atoms with Crippen LogP contribution in [0.4, 0.5) is 0 Å². The molecule has 1 amide bonds. The van der Waals surface area contributed by atoms with Crippen molar-refractivity contribution >= 4 is 11.9 Å². The summed E-state index contributed by atoms with van der Waals surface area (Å²) >= 11 is 0. The normalized spacial score (nSPS) is 22.4. The summed E-state index contributed by atoms with van der Waals surface area (Å²) in [4.78, 5) is 23.0. The third-order valence-electron chi connectivity index (χ3n) is 3.85. The molecule has 0 aliphatic heterocycles. The van der Waals surface area contributed by atoms with Crippen molar-refractivity contribution < 1.29 is 14.7 Å². The second kappa shape index (κ2) is 6.07. The van der Waals surface area contributed by atoms with Crippen molar-refractivity contribution in [2.24, 2.45) is 11.8 Å². The molecule has 1 aliphatic rings. The van der Waals surface area contributed by atoms with Crippen LogP contribution in [0.5, 0.6) is 0 Å². The molecule has 1 fully saturated rings. The fourth-order valence-corrected chi connectivity index (χ4v) is 2.57. The summed E-state index contributed by atoms with van der Waals surface area (Å²) < 4.78 is 0. The van der Waals surface area contributed by atoms with Crippen molar-refractivity contribution in [3.63, 3.8) is 0 Å². The predicted octanol–water partition coefficient (Wildman–Crippen LogP) is 2.41. The number of carboxylic acids is 1. The zero-order chi connectivity index (χ0) is 14.7. The Bertz CT molecular complexity index is 484. The van der Waals surface area contributed by atoms with E-state index < -0.39 is 12.0 Å². The van der Waals surface area contributed by atoms with Crippen molar-refractivity contribution in [3.05, 3.63) is 35.9 Å². The lowest BCUT2D eigenvalue weighted by Gasteiger charge is -2.17. The zero-order valence-corrected chi connectivity index (χ0v) is 11.9. The summed E-state index contributed by atoms with van der Waals surface area (Å²) in [6.07, 6.45) is 1.42. The lowest BCUT2D eigenvalue weighted by molar-refractivity contribution is -0.143. The molecular formula is C16H21NO3. The van der Waals surface area contributed by atoms with Crippen LogP contribution in [-0.4, -0.2) is 23.0 Å². The van der Waals surface area contributed by atoms with E-state index in [0.717, 1.165) is 6.42 Å². The van der Waals surface area contributed by atoms with E-state index in [1.54, 1.807) is 13.8 Å². The number of aliphatic carboxylic acids is 1. The Morgan fingerprint density at radius 1 is 1.30 bits per heavy atom. The van der Waals surface area contributed by atoms with Crippen LogP contribution >= 0.6 is 0 Å². The molecule has 2 rings (SSSR count). The van der Waals surface area contributed by atoms with Crippen LogP contribution in [0.3, 0.4) is 0 Å². The molecule has 1 aromatic carbocycles. The minimum absolute atomic E-state index is 0.111. The second-order valence-electron chi connectivity index (χ2n) is 5.84. The van der Waals surface area contributed by atoms with Crippen LogP contribution in [0.1, 0.15) is 38.2 Å². The second-order valence-corrected chi connectivity index (χ2v) is 5.84. The third-order valence-corrected chi connectivity index (χ3v) is 3.85. The SMILES string of the molecule is CC(C)[C@@H](NC(=O)C[C@@H]1C[C@H]1c1ccccc1)C(=O)O. The van der Waals surface area contributed by atoms with E-state index in [1.807, 2.05) is 18.2 Å². The van der Waals surface area contributed by atoms with E-state index in [0.29, 0.717) is 18.3 Å².